The normalized spacial score (nSPS) is 21.3. The van der Waals surface area contributed by atoms with Crippen LogP contribution in [0.3, 0.4) is 0 Å². The maximum absolute atomic E-state index is 8.75. The van der Waals surface area contributed by atoms with E-state index >= 15 is 0 Å². The van der Waals surface area contributed by atoms with E-state index in [4.69, 9.17) is 10.9 Å². The summed E-state index contributed by atoms with van der Waals surface area (Å²) in [7, 11) is 0. The van der Waals surface area contributed by atoms with Gasteiger partial charge in [0.25, 0.3) is 0 Å². The van der Waals surface area contributed by atoms with Gasteiger partial charge in [0.2, 0.25) is 0 Å². The van der Waals surface area contributed by atoms with Crippen molar-refractivity contribution in [1.29, 1.82) is 0 Å². The Bertz CT molecular complexity index is 391. The zero-order valence-electron chi connectivity index (χ0n) is 10.6. The molecule has 1 aliphatic heterocycles. The highest BCUT2D eigenvalue weighted by molar-refractivity contribution is 5.85. The molecule has 1 aromatic carbocycles. The highest BCUT2D eigenvalue weighted by atomic mass is 16.4. The van der Waals surface area contributed by atoms with E-state index in [1.165, 1.54) is 5.56 Å². The Morgan fingerprint density at radius 1 is 1.39 bits per heavy atom. The van der Waals surface area contributed by atoms with Crippen molar-refractivity contribution < 1.29 is 5.21 Å². The van der Waals surface area contributed by atoms with Crippen LogP contribution in [0, 0.1) is 0 Å². The number of likely N-dealkylation sites (tertiary alicyclic amines) is 1. The lowest BCUT2D eigenvalue weighted by molar-refractivity contribution is 0.278. The number of rotatable bonds is 5. The van der Waals surface area contributed by atoms with Gasteiger partial charge >= 0.3 is 0 Å². The molecule has 98 valence electrons. The van der Waals surface area contributed by atoms with Crippen LogP contribution in [0.4, 0.5) is 0 Å². The lowest BCUT2D eigenvalue weighted by Crippen LogP contribution is -2.41. The second-order valence-corrected chi connectivity index (χ2v) is 4.81. The molecule has 1 fully saturated rings. The highest BCUT2D eigenvalue weighted by Gasteiger charge is 2.27. The number of oxime groups is 1. The molecule has 4 heteroatoms. The molecule has 1 atom stereocenters. The van der Waals surface area contributed by atoms with E-state index in [1.807, 2.05) is 6.07 Å². The molecule has 1 unspecified atom stereocenters. The van der Waals surface area contributed by atoms with E-state index in [0.717, 1.165) is 38.8 Å². The summed E-state index contributed by atoms with van der Waals surface area (Å²) in [5, 5.41) is 11.9. The zero-order valence-corrected chi connectivity index (χ0v) is 10.6. The third-order valence-corrected chi connectivity index (χ3v) is 3.57. The second kappa shape index (κ2) is 6.40. The first-order valence-electron chi connectivity index (χ1n) is 6.56. The molecule has 0 aromatic heterocycles. The molecular weight excluding hydrogens is 226 g/mol. The molecule has 1 aromatic rings. The summed E-state index contributed by atoms with van der Waals surface area (Å²) in [4.78, 5) is 2.32. The van der Waals surface area contributed by atoms with Crippen LogP contribution >= 0.6 is 0 Å². The van der Waals surface area contributed by atoms with Gasteiger partial charge in [-0.15, -0.1) is 0 Å². The Kier molecular flexibility index (Phi) is 4.59. The number of hydrogen-bond acceptors (Lipinski definition) is 3. The van der Waals surface area contributed by atoms with Crippen molar-refractivity contribution in [3.05, 3.63) is 35.9 Å². The molecule has 1 saturated heterocycles. The van der Waals surface area contributed by atoms with Crippen LogP contribution in [0.15, 0.2) is 35.5 Å². The van der Waals surface area contributed by atoms with E-state index in [0.29, 0.717) is 5.84 Å². The van der Waals surface area contributed by atoms with Crippen molar-refractivity contribution in [2.45, 2.75) is 31.7 Å². The van der Waals surface area contributed by atoms with Gasteiger partial charge in [0, 0.05) is 0 Å². The number of aryl methyl sites for hydroxylation is 1. The second-order valence-electron chi connectivity index (χ2n) is 4.81. The van der Waals surface area contributed by atoms with Crippen LogP contribution in [0.5, 0.6) is 0 Å². The molecule has 1 aliphatic rings. The van der Waals surface area contributed by atoms with Gasteiger partial charge in [-0.1, -0.05) is 35.5 Å². The number of amidine groups is 1. The monoisotopic (exact) mass is 247 g/mol. The summed E-state index contributed by atoms with van der Waals surface area (Å²) in [6, 6.07) is 10.6. The maximum Gasteiger partial charge on any atom is 0.156 e. The minimum Gasteiger partial charge on any atom is -0.409 e. The Morgan fingerprint density at radius 2 is 2.17 bits per heavy atom. The Balaban J connectivity index is 1.79. The van der Waals surface area contributed by atoms with Gasteiger partial charge < -0.3 is 10.9 Å². The summed E-state index contributed by atoms with van der Waals surface area (Å²) in [5.74, 6) is 0.354. The fraction of sp³-hybridized carbons (Fsp3) is 0.500. The smallest absolute Gasteiger partial charge is 0.156 e. The minimum atomic E-state index is 0.130. The number of nitrogens with zero attached hydrogens (tertiary/aromatic N) is 2. The predicted octanol–water partition coefficient (Wildman–Crippen LogP) is 1.83. The van der Waals surface area contributed by atoms with Crippen molar-refractivity contribution in [3.8, 4) is 0 Å². The molecule has 2 rings (SSSR count). The summed E-state index contributed by atoms with van der Waals surface area (Å²) in [5.41, 5.74) is 7.08. The highest BCUT2D eigenvalue weighted by Crippen LogP contribution is 2.18. The largest absolute Gasteiger partial charge is 0.409 e. The molecule has 0 saturated carbocycles. The van der Waals surface area contributed by atoms with E-state index in [1.54, 1.807) is 0 Å². The summed E-state index contributed by atoms with van der Waals surface area (Å²) in [6.07, 6.45) is 4.33. The maximum atomic E-state index is 8.75. The molecular formula is C14H21N3O. The van der Waals surface area contributed by atoms with Crippen LogP contribution < -0.4 is 5.73 Å². The Labute approximate surface area is 108 Å². The first-order valence-corrected chi connectivity index (χ1v) is 6.56. The topological polar surface area (TPSA) is 61.9 Å². The van der Waals surface area contributed by atoms with Crippen molar-refractivity contribution in [3.63, 3.8) is 0 Å². The first kappa shape index (κ1) is 12.9. The van der Waals surface area contributed by atoms with Crippen molar-refractivity contribution >= 4 is 5.84 Å². The van der Waals surface area contributed by atoms with E-state index in [-0.39, 0.29) is 6.04 Å². The lowest BCUT2D eigenvalue weighted by atomic mass is 10.1. The average Bonchev–Trinajstić information content (AvgIpc) is 2.87. The van der Waals surface area contributed by atoms with E-state index < -0.39 is 0 Å². The number of benzene rings is 1. The molecule has 1 heterocycles. The van der Waals surface area contributed by atoms with E-state index in [9.17, 15) is 0 Å². The number of hydrogen-bond donors (Lipinski definition) is 2. The fourth-order valence-corrected chi connectivity index (χ4v) is 2.63. The number of nitrogens with two attached hydrogens (primary N) is 1. The molecule has 4 nitrogen and oxygen atoms in total. The SMILES string of the molecule is NC(=NO)C1CCCN1CCCc1ccccc1. The average molecular weight is 247 g/mol. The molecule has 0 radical (unpaired) electrons. The fourth-order valence-electron chi connectivity index (χ4n) is 2.63. The van der Waals surface area contributed by atoms with Crippen LogP contribution in [-0.4, -0.2) is 35.1 Å². The van der Waals surface area contributed by atoms with Gasteiger partial charge in [0.05, 0.1) is 6.04 Å². The van der Waals surface area contributed by atoms with Gasteiger partial charge in [-0.25, -0.2) is 0 Å². The zero-order chi connectivity index (χ0) is 12.8. The summed E-state index contributed by atoms with van der Waals surface area (Å²) in [6.45, 7) is 2.06. The third-order valence-electron chi connectivity index (χ3n) is 3.57. The third kappa shape index (κ3) is 3.23. The van der Waals surface area contributed by atoms with Gasteiger partial charge in [-0.05, 0) is 44.3 Å². The lowest BCUT2D eigenvalue weighted by Gasteiger charge is -2.23. The van der Waals surface area contributed by atoms with Crippen LogP contribution in [0.1, 0.15) is 24.8 Å². The van der Waals surface area contributed by atoms with Gasteiger partial charge in [0.1, 0.15) is 0 Å². The molecule has 0 bridgehead atoms. The summed E-state index contributed by atoms with van der Waals surface area (Å²) >= 11 is 0. The first-order chi connectivity index (χ1) is 8.81. The molecule has 0 aliphatic carbocycles. The van der Waals surface area contributed by atoms with Crippen molar-refractivity contribution in [1.82, 2.24) is 4.90 Å². The van der Waals surface area contributed by atoms with Gasteiger partial charge in [0.15, 0.2) is 5.84 Å². The van der Waals surface area contributed by atoms with Crippen LogP contribution in [0.2, 0.25) is 0 Å². The Morgan fingerprint density at radius 3 is 2.89 bits per heavy atom. The van der Waals surface area contributed by atoms with Crippen molar-refractivity contribution in [2.24, 2.45) is 10.9 Å². The minimum absolute atomic E-state index is 0.130. The van der Waals surface area contributed by atoms with Crippen LogP contribution in [0.25, 0.3) is 0 Å². The summed E-state index contributed by atoms with van der Waals surface area (Å²) < 4.78 is 0. The van der Waals surface area contributed by atoms with Crippen molar-refractivity contribution in [2.75, 3.05) is 13.1 Å². The molecule has 0 amide bonds. The standard InChI is InChI=1S/C14H21N3O/c15-14(16-18)13-9-5-11-17(13)10-4-8-12-6-2-1-3-7-12/h1-3,6-7,13,18H,4-5,8-11H2,(H2,15,16). The predicted molar refractivity (Wildman–Crippen MR) is 72.8 cm³/mol. The van der Waals surface area contributed by atoms with Gasteiger partial charge in [-0.2, -0.15) is 0 Å². The molecule has 18 heavy (non-hydrogen) atoms. The quantitative estimate of drug-likeness (QED) is 0.361. The van der Waals surface area contributed by atoms with Gasteiger partial charge in [-0.3, -0.25) is 4.90 Å². The van der Waals surface area contributed by atoms with E-state index in [2.05, 4.69) is 34.3 Å². The van der Waals surface area contributed by atoms with Crippen LogP contribution in [-0.2, 0) is 6.42 Å². The molecule has 0 spiro atoms. The Hall–Kier alpha value is -1.55. The molecule has 3 N–H and O–H groups in total.